The maximum atomic E-state index is 13.9. The molecular formula is C25H28F3N5O4. The number of pyridine rings is 1. The lowest BCUT2D eigenvalue weighted by atomic mass is 10.0. The number of hydrogen-bond acceptors (Lipinski definition) is 7. The van der Waals surface area contributed by atoms with Gasteiger partial charge in [-0.2, -0.15) is 13.2 Å². The summed E-state index contributed by atoms with van der Waals surface area (Å²) in [6.45, 7) is 5.89. The lowest BCUT2D eigenvalue weighted by Crippen LogP contribution is -2.48. The molecule has 12 heteroatoms. The van der Waals surface area contributed by atoms with Crippen molar-refractivity contribution in [2.24, 2.45) is 7.05 Å². The maximum absolute atomic E-state index is 13.9. The Labute approximate surface area is 211 Å². The lowest BCUT2D eigenvalue weighted by Gasteiger charge is -2.35. The van der Waals surface area contributed by atoms with Gasteiger partial charge < -0.3 is 19.7 Å². The van der Waals surface area contributed by atoms with E-state index in [9.17, 15) is 22.8 Å². The van der Waals surface area contributed by atoms with Gasteiger partial charge in [0.1, 0.15) is 5.82 Å². The number of carbonyl (C=O) groups excluding carboxylic acids is 1. The molecule has 0 bridgehead atoms. The second-order valence-electron chi connectivity index (χ2n) is 9.14. The van der Waals surface area contributed by atoms with Crippen LogP contribution in [0.5, 0.6) is 5.75 Å². The fourth-order valence-electron chi connectivity index (χ4n) is 4.44. The molecule has 1 aliphatic rings. The van der Waals surface area contributed by atoms with E-state index < -0.39 is 17.3 Å². The second kappa shape index (κ2) is 10.0. The van der Waals surface area contributed by atoms with Crippen molar-refractivity contribution in [2.75, 3.05) is 25.5 Å². The van der Waals surface area contributed by atoms with Crippen LogP contribution in [0, 0.1) is 6.92 Å². The minimum Gasteiger partial charge on any atom is -0.493 e. The van der Waals surface area contributed by atoms with Crippen LogP contribution in [0.2, 0.25) is 0 Å². The number of nitrogens with one attached hydrogen (secondary N) is 1. The van der Waals surface area contributed by atoms with Crippen LogP contribution in [0.25, 0.3) is 10.9 Å². The van der Waals surface area contributed by atoms with Crippen LogP contribution < -0.4 is 15.6 Å². The molecule has 9 nitrogen and oxygen atoms in total. The van der Waals surface area contributed by atoms with Crippen LogP contribution in [-0.2, 0) is 24.5 Å². The van der Waals surface area contributed by atoms with Gasteiger partial charge in [-0.15, -0.1) is 0 Å². The first-order chi connectivity index (χ1) is 17.4. The molecular weight excluding hydrogens is 491 g/mol. The van der Waals surface area contributed by atoms with Crippen molar-refractivity contribution in [1.82, 2.24) is 19.4 Å². The predicted octanol–water partition coefficient (Wildman–Crippen LogP) is 3.53. The SMILES string of the molecule is COc1cc(C(=O)N2CC(C)OC(C)C2)cnc1NCc1cc2c(=O)n(C)c(C)nc2cc1C(F)(F)F. The van der Waals surface area contributed by atoms with E-state index in [1.54, 1.807) is 11.8 Å². The van der Waals surface area contributed by atoms with Crippen LogP contribution in [0.3, 0.4) is 0 Å². The van der Waals surface area contributed by atoms with Crippen molar-refractivity contribution >= 4 is 22.6 Å². The zero-order valence-electron chi connectivity index (χ0n) is 21.1. The van der Waals surface area contributed by atoms with Crippen LogP contribution in [0.15, 0.2) is 29.2 Å². The Morgan fingerprint density at radius 1 is 1.22 bits per heavy atom. The van der Waals surface area contributed by atoms with Gasteiger partial charge in [0.25, 0.3) is 11.5 Å². The molecule has 2 atom stereocenters. The molecule has 1 N–H and O–H groups in total. The zero-order chi connectivity index (χ0) is 27.1. The Hall–Kier alpha value is -3.67. The molecule has 3 heterocycles. The fraction of sp³-hybridized carbons (Fsp3) is 0.440. The van der Waals surface area contributed by atoms with Crippen molar-refractivity contribution in [2.45, 2.75) is 45.7 Å². The number of fused-ring (bicyclic) bond motifs is 1. The number of methoxy groups -OCH3 is 1. The highest BCUT2D eigenvalue weighted by Gasteiger charge is 2.34. The lowest BCUT2D eigenvalue weighted by molar-refractivity contribution is -0.138. The Kier molecular flexibility index (Phi) is 7.13. The normalized spacial score (nSPS) is 18.2. The van der Waals surface area contributed by atoms with Gasteiger partial charge in [0.05, 0.1) is 41.3 Å². The van der Waals surface area contributed by atoms with Crippen LogP contribution >= 0.6 is 0 Å². The van der Waals surface area contributed by atoms with Crippen molar-refractivity contribution in [3.63, 3.8) is 0 Å². The average molecular weight is 520 g/mol. The molecule has 1 amide bonds. The van der Waals surface area contributed by atoms with E-state index >= 15 is 0 Å². The Bertz CT molecular complexity index is 1400. The summed E-state index contributed by atoms with van der Waals surface area (Å²) in [6.07, 6.45) is -3.53. The number of benzene rings is 1. The molecule has 198 valence electrons. The Balaban J connectivity index is 1.63. The number of hydrogen-bond donors (Lipinski definition) is 1. The summed E-state index contributed by atoms with van der Waals surface area (Å²) in [7, 11) is 2.89. The summed E-state index contributed by atoms with van der Waals surface area (Å²) < 4.78 is 53.9. The fourth-order valence-corrected chi connectivity index (χ4v) is 4.44. The van der Waals surface area contributed by atoms with Gasteiger partial charge in [-0.25, -0.2) is 9.97 Å². The first-order valence-corrected chi connectivity index (χ1v) is 11.7. The molecule has 2 aromatic heterocycles. The first kappa shape index (κ1) is 26.4. The first-order valence-electron chi connectivity index (χ1n) is 11.7. The van der Waals surface area contributed by atoms with Gasteiger partial charge in [0.2, 0.25) is 0 Å². The van der Waals surface area contributed by atoms with Crippen LogP contribution in [-0.4, -0.2) is 57.7 Å². The van der Waals surface area contributed by atoms with E-state index in [0.717, 1.165) is 6.07 Å². The molecule has 2 unspecified atom stereocenters. The number of anilines is 1. The second-order valence-corrected chi connectivity index (χ2v) is 9.14. The minimum atomic E-state index is -4.66. The molecule has 1 fully saturated rings. The number of halogens is 3. The number of alkyl halides is 3. The smallest absolute Gasteiger partial charge is 0.416 e. The quantitative estimate of drug-likeness (QED) is 0.551. The summed E-state index contributed by atoms with van der Waals surface area (Å²) in [5.74, 6) is 0.418. The van der Waals surface area contributed by atoms with Crippen molar-refractivity contribution in [1.29, 1.82) is 0 Å². The molecule has 4 rings (SSSR count). The average Bonchev–Trinajstić information content (AvgIpc) is 2.84. The summed E-state index contributed by atoms with van der Waals surface area (Å²) in [6, 6.07) is 3.58. The van der Waals surface area contributed by atoms with Crippen LogP contribution in [0.4, 0.5) is 19.0 Å². The molecule has 37 heavy (non-hydrogen) atoms. The molecule has 1 aliphatic heterocycles. The molecule has 1 saturated heterocycles. The maximum Gasteiger partial charge on any atom is 0.416 e. The van der Waals surface area contributed by atoms with Gasteiger partial charge in [-0.05, 0) is 44.5 Å². The number of morpholine rings is 1. The minimum absolute atomic E-state index is 0.0259. The van der Waals surface area contributed by atoms with Crippen molar-refractivity contribution < 1.29 is 27.4 Å². The number of aromatic nitrogens is 3. The van der Waals surface area contributed by atoms with Gasteiger partial charge in [0.15, 0.2) is 11.6 Å². The molecule has 0 aliphatic carbocycles. The van der Waals surface area contributed by atoms with Gasteiger partial charge in [0, 0.05) is 32.9 Å². The number of nitrogens with zero attached hydrogens (tertiary/aromatic N) is 4. The van der Waals surface area contributed by atoms with E-state index in [1.807, 2.05) is 13.8 Å². The van der Waals surface area contributed by atoms with Gasteiger partial charge in [-0.3, -0.25) is 14.2 Å². The molecule has 1 aromatic carbocycles. The Morgan fingerprint density at radius 3 is 2.51 bits per heavy atom. The highest BCUT2D eigenvalue weighted by molar-refractivity contribution is 5.95. The molecule has 0 saturated carbocycles. The summed E-state index contributed by atoms with van der Waals surface area (Å²) in [4.78, 5) is 35.7. The summed E-state index contributed by atoms with van der Waals surface area (Å²) in [5, 5.41) is 2.93. The highest BCUT2D eigenvalue weighted by Crippen LogP contribution is 2.35. The number of amides is 1. The number of aryl methyl sites for hydroxylation is 1. The van der Waals surface area contributed by atoms with Gasteiger partial charge in [-0.1, -0.05) is 0 Å². The molecule has 0 spiro atoms. The van der Waals surface area contributed by atoms with E-state index in [4.69, 9.17) is 9.47 Å². The number of ether oxygens (including phenoxy) is 2. The highest BCUT2D eigenvalue weighted by atomic mass is 19.4. The third kappa shape index (κ3) is 5.38. The molecule has 3 aromatic rings. The Morgan fingerprint density at radius 2 is 1.89 bits per heavy atom. The van der Waals surface area contributed by atoms with Crippen LogP contribution in [0.1, 0.15) is 41.2 Å². The van der Waals surface area contributed by atoms with E-state index in [0.29, 0.717) is 18.9 Å². The number of carbonyl (C=O) groups is 1. The molecule has 0 radical (unpaired) electrons. The summed E-state index contributed by atoms with van der Waals surface area (Å²) in [5.41, 5.74) is -1.24. The third-order valence-corrected chi connectivity index (χ3v) is 6.30. The van der Waals surface area contributed by atoms with Gasteiger partial charge >= 0.3 is 6.18 Å². The van der Waals surface area contributed by atoms with E-state index in [2.05, 4.69) is 15.3 Å². The standard InChI is InChI=1S/C25H28F3N5O4/c1-13-11-33(12-14(2)37-13)23(34)17-7-21(36-5)22(30-10-17)29-9-16-6-18-20(8-19(16)25(26,27)28)31-15(3)32(4)24(18)35/h6-8,10,13-14H,9,11-12H2,1-5H3,(H,29,30). The predicted molar refractivity (Wildman–Crippen MR) is 131 cm³/mol. The third-order valence-electron chi connectivity index (χ3n) is 6.30. The number of rotatable bonds is 5. The largest absolute Gasteiger partial charge is 0.493 e. The van der Waals surface area contributed by atoms with Crippen molar-refractivity contribution in [3.05, 3.63) is 57.3 Å². The topological polar surface area (TPSA) is 98.6 Å². The van der Waals surface area contributed by atoms with E-state index in [1.165, 1.54) is 37.1 Å². The zero-order valence-corrected chi connectivity index (χ0v) is 21.1. The monoisotopic (exact) mass is 519 g/mol. The van der Waals surface area contributed by atoms with E-state index in [-0.39, 0.29) is 58.3 Å². The summed E-state index contributed by atoms with van der Waals surface area (Å²) >= 11 is 0. The van der Waals surface area contributed by atoms with Crippen molar-refractivity contribution in [3.8, 4) is 5.75 Å².